The van der Waals surface area contributed by atoms with Crippen LogP contribution >= 0.6 is 11.3 Å². The van der Waals surface area contributed by atoms with E-state index in [4.69, 9.17) is 9.84 Å². The van der Waals surface area contributed by atoms with Crippen molar-refractivity contribution in [2.45, 2.75) is 13.8 Å². The van der Waals surface area contributed by atoms with Crippen LogP contribution in [0.4, 0.5) is 5.69 Å². The molecule has 0 radical (unpaired) electrons. The Balaban J connectivity index is 1.37. The maximum absolute atomic E-state index is 13.3. The van der Waals surface area contributed by atoms with Crippen LogP contribution < -0.4 is 9.64 Å². The zero-order chi connectivity index (χ0) is 22.2. The summed E-state index contributed by atoms with van der Waals surface area (Å²) < 4.78 is 7.48. The van der Waals surface area contributed by atoms with Crippen LogP contribution in [0.3, 0.4) is 0 Å². The minimum atomic E-state index is 0.0987. The summed E-state index contributed by atoms with van der Waals surface area (Å²) in [7, 11) is 1.69. The number of amides is 1. The van der Waals surface area contributed by atoms with Crippen LogP contribution in [0.25, 0.3) is 15.9 Å². The third-order valence-electron chi connectivity index (χ3n) is 6.09. The molecule has 7 heteroatoms. The van der Waals surface area contributed by atoms with Crippen molar-refractivity contribution in [2.24, 2.45) is 0 Å². The van der Waals surface area contributed by atoms with Gasteiger partial charge in [0, 0.05) is 31.6 Å². The number of ether oxygens (including phenoxy) is 1. The molecule has 3 heterocycles. The molecule has 164 valence electrons. The molecule has 0 bridgehead atoms. The lowest BCUT2D eigenvalue weighted by molar-refractivity contribution is 0.0751. The fraction of sp³-hybridized carbons (Fsp3) is 0.280. The summed E-state index contributed by atoms with van der Waals surface area (Å²) in [5.74, 6) is 0.967. The zero-order valence-electron chi connectivity index (χ0n) is 18.5. The van der Waals surface area contributed by atoms with Crippen LogP contribution in [0.1, 0.15) is 20.9 Å². The Kier molecular flexibility index (Phi) is 5.35. The highest BCUT2D eigenvalue weighted by Crippen LogP contribution is 2.33. The number of fused-ring (bicyclic) bond motifs is 1. The summed E-state index contributed by atoms with van der Waals surface area (Å²) >= 11 is 1.53. The molecule has 1 aliphatic rings. The van der Waals surface area contributed by atoms with Gasteiger partial charge in [-0.3, -0.25) is 4.79 Å². The van der Waals surface area contributed by atoms with Crippen LogP contribution in [0.5, 0.6) is 5.75 Å². The van der Waals surface area contributed by atoms with Crippen LogP contribution in [-0.4, -0.2) is 53.9 Å². The van der Waals surface area contributed by atoms with E-state index in [1.54, 1.807) is 7.11 Å². The molecule has 1 fully saturated rings. The first-order chi connectivity index (χ1) is 15.6. The molecule has 1 amide bonds. The number of anilines is 1. The molecule has 1 aliphatic heterocycles. The molecular formula is C25H26N4O2S. The summed E-state index contributed by atoms with van der Waals surface area (Å²) in [6.07, 6.45) is 0. The van der Waals surface area contributed by atoms with E-state index >= 15 is 0 Å². The predicted octanol–water partition coefficient (Wildman–Crippen LogP) is 4.67. The lowest BCUT2D eigenvalue weighted by Crippen LogP contribution is -2.48. The molecule has 0 N–H and O–H groups in total. The fourth-order valence-electron chi connectivity index (χ4n) is 4.31. The first-order valence-corrected chi connectivity index (χ1v) is 11.6. The topological polar surface area (TPSA) is 50.6 Å². The fourth-order valence-corrected chi connectivity index (χ4v) is 5.46. The summed E-state index contributed by atoms with van der Waals surface area (Å²) in [6, 6.07) is 18.2. The molecule has 6 nitrogen and oxygen atoms in total. The molecule has 4 aromatic rings. The van der Waals surface area contributed by atoms with Gasteiger partial charge in [-0.25, -0.2) is 4.68 Å². The van der Waals surface area contributed by atoms with Crippen LogP contribution in [0.15, 0.2) is 54.6 Å². The van der Waals surface area contributed by atoms with Gasteiger partial charge in [0.25, 0.3) is 5.91 Å². The minimum Gasteiger partial charge on any atom is -0.495 e. The quantitative estimate of drug-likeness (QED) is 0.457. The predicted molar refractivity (Wildman–Crippen MR) is 130 cm³/mol. The average molecular weight is 447 g/mol. The Morgan fingerprint density at radius 1 is 0.969 bits per heavy atom. The van der Waals surface area contributed by atoms with Crippen molar-refractivity contribution in [3.05, 3.63) is 70.7 Å². The number of rotatable bonds is 4. The SMILES string of the molecule is COc1ccccc1N1CCN(C(=O)c2cc3c(C)nn(-c4ccccc4C)c3s2)CC1. The van der Waals surface area contributed by atoms with Gasteiger partial charge >= 0.3 is 0 Å². The Hall–Kier alpha value is -3.32. The van der Waals surface area contributed by atoms with E-state index in [1.165, 1.54) is 11.3 Å². The van der Waals surface area contributed by atoms with Gasteiger partial charge in [0.15, 0.2) is 0 Å². The van der Waals surface area contributed by atoms with Crippen LogP contribution in [0, 0.1) is 13.8 Å². The van der Waals surface area contributed by atoms with Crippen molar-refractivity contribution < 1.29 is 9.53 Å². The number of hydrogen-bond donors (Lipinski definition) is 0. The van der Waals surface area contributed by atoms with Crippen LogP contribution in [0.2, 0.25) is 0 Å². The molecule has 32 heavy (non-hydrogen) atoms. The van der Waals surface area contributed by atoms with E-state index in [-0.39, 0.29) is 5.91 Å². The number of aromatic nitrogens is 2. The molecule has 0 spiro atoms. The highest BCUT2D eigenvalue weighted by Gasteiger charge is 2.26. The lowest BCUT2D eigenvalue weighted by atomic mass is 10.2. The standard InChI is InChI=1S/C25H26N4O2S/c1-17-8-4-5-9-20(17)29-25-19(18(2)26-29)16-23(32-25)24(30)28-14-12-27(13-15-28)21-10-6-7-11-22(21)31-3/h4-11,16H,12-15H2,1-3H3. The number of para-hydroxylation sites is 3. The van der Waals surface area contributed by atoms with E-state index in [1.807, 2.05) is 52.9 Å². The number of carbonyl (C=O) groups is 1. The lowest BCUT2D eigenvalue weighted by Gasteiger charge is -2.36. The molecular weight excluding hydrogens is 420 g/mol. The minimum absolute atomic E-state index is 0.0987. The summed E-state index contributed by atoms with van der Waals surface area (Å²) in [5, 5.41) is 5.79. The Morgan fingerprint density at radius 3 is 2.38 bits per heavy atom. The van der Waals surface area contributed by atoms with E-state index in [0.29, 0.717) is 13.1 Å². The number of nitrogens with zero attached hydrogens (tertiary/aromatic N) is 4. The van der Waals surface area contributed by atoms with Gasteiger partial charge in [-0.05, 0) is 43.7 Å². The third kappa shape index (κ3) is 3.52. The van der Waals surface area contributed by atoms with Gasteiger partial charge < -0.3 is 14.5 Å². The van der Waals surface area contributed by atoms with Crippen molar-refractivity contribution in [3.8, 4) is 11.4 Å². The second-order valence-electron chi connectivity index (χ2n) is 8.06. The summed E-state index contributed by atoms with van der Waals surface area (Å²) in [4.78, 5) is 19.4. The van der Waals surface area contributed by atoms with Gasteiger partial charge in [0.1, 0.15) is 10.6 Å². The normalized spacial score (nSPS) is 14.2. The smallest absolute Gasteiger partial charge is 0.264 e. The van der Waals surface area contributed by atoms with Gasteiger partial charge in [-0.1, -0.05) is 30.3 Å². The number of hydrogen-bond acceptors (Lipinski definition) is 5. The maximum atomic E-state index is 13.3. The number of methoxy groups -OCH3 is 1. The van der Waals surface area contributed by atoms with E-state index in [0.717, 1.165) is 56.6 Å². The third-order valence-corrected chi connectivity index (χ3v) is 7.19. The second kappa shape index (κ2) is 8.31. The van der Waals surface area contributed by atoms with Crippen molar-refractivity contribution in [1.29, 1.82) is 0 Å². The number of aryl methyl sites for hydroxylation is 2. The van der Waals surface area contributed by atoms with Crippen LogP contribution in [-0.2, 0) is 0 Å². The van der Waals surface area contributed by atoms with Gasteiger partial charge in [0.05, 0.1) is 29.1 Å². The first kappa shape index (κ1) is 20.6. The molecule has 0 aliphatic carbocycles. The van der Waals surface area contributed by atoms with E-state index < -0.39 is 0 Å². The van der Waals surface area contributed by atoms with E-state index in [9.17, 15) is 4.79 Å². The van der Waals surface area contributed by atoms with Crippen molar-refractivity contribution in [3.63, 3.8) is 0 Å². The zero-order valence-corrected chi connectivity index (χ0v) is 19.4. The summed E-state index contributed by atoms with van der Waals surface area (Å²) in [5.41, 5.74) is 4.24. The molecule has 0 atom stereocenters. The Labute approximate surface area is 191 Å². The monoisotopic (exact) mass is 446 g/mol. The number of piperazine rings is 1. The number of thiophene rings is 1. The average Bonchev–Trinajstić information content (AvgIpc) is 3.40. The first-order valence-electron chi connectivity index (χ1n) is 10.8. The highest BCUT2D eigenvalue weighted by molar-refractivity contribution is 7.20. The molecule has 0 unspecified atom stereocenters. The number of carbonyl (C=O) groups excluding carboxylic acids is 1. The van der Waals surface area contributed by atoms with Gasteiger partial charge in [0.2, 0.25) is 0 Å². The van der Waals surface area contributed by atoms with E-state index in [2.05, 4.69) is 30.0 Å². The Bertz CT molecular complexity index is 1280. The molecule has 2 aromatic carbocycles. The maximum Gasteiger partial charge on any atom is 0.264 e. The van der Waals surface area contributed by atoms with Crippen molar-refractivity contribution in [1.82, 2.24) is 14.7 Å². The summed E-state index contributed by atoms with van der Waals surface area (Å²) in [6.45, 7) is 7.03. The van der Waals surface area contributed by atoms with Gasteiger partial charge in [-0.2, -0.15) is 5.10 Å². The van der Waals surface area contributed by atoms with Crippen molar-refractivity contribution in [2.75, 3.05) is 38.2 Å². The Morgan fingerprint density at radius 2 is 1.66 bits per heavy atom. The molecule has 1 saturated heterocycles. The molecule has 2 aromatic heterocycles. The van der Waals surface area contributed by atoms with Gasteiger partial charge in [-0.15, -0.1) is 11.3 Å². The molecule has 0 saturated carbocycles. The van der Waals surface area contributed by atoms with Crippen molar-refractivity contribution >= 4 is 33.1 Å². The highest BCUT2D eigenvalue weighted by atomic mass is 32.1. The molecule has 5 rings (SSSR count). The largest absolute Gasteiger partial charge is 0.495 e. The second-order valence-corrected chi connectivity index (χ2v) is 9.09. The number of benzene rings is 2.